The third-order valence-electron chi connectivity index (χ3n) is 3.68. The van der Waals surface area contributed by atoms with Crippen LogP contribution in [-0.2, 0) is 14.3 Å². The molecule has 0 aromatic rings. The molecule has 7 heteroatoms. The van der Waals surface area contributed by atoms with Crippen LogP contribution in [0.3, 0.4) is 0 Å². The molecule has 0 radical (unpaired) electrons. The average molecular weight is 341 g/mol. The second-order valence-corrected chi connectivity index (χ2v) is 7.42. The lowest BCUT2D eigenvalue weighted by Gasteiger charge is -2.35. The number of hydrogen-bond donors (Lipinski definition) is 2. The van der Waals surface area contributed by atoms with Crippen LogP contribution in [0.5, 0.6) is 0 Å². The van der Waals surface area contributed by atoms with Crippen LogP contribution >= 0.6 is 0 Å². The fourth-order valence-electron chi connectivity index (χ4n) is 2.44. The van der Waals surface area contributed by atoms with Gasteiger partial charge in [0, 0.05) is 25.6 Å². The SMILES string of the molecule is CC(C)C(=O)NCCNC(=O)[C@@H]1CCCCN1C(=O)OC(C)(C)C. The van der Waals surface area contributed by atoms with E-state index in [9.17, 15) is 14.4 Å². The zero-order chi connectivity index (χ0) is 18.3. The van der Waals surface area contributed by atoms with Crippen LogP contribution in [0.15, 0.2) is 0 Å². The molecule has 0 unspecified atom stereocenters. The van der Waals surface area contributed by atoms with Gasteiger partial charge in [-0.2, -0.15) is 0 Å². The third-order valence-corrected chi connectivity index (χ3v) is 3.68. The highest BCUT2D eigenvalue weighted by atomic mass is 16.6. The molecule has 1 saturated heterocycles. The molecule has 1 aliphatic heterocycles. The number of amides is 3. The molecule has 1 rings (SSSR count). The molecule has 0 saturated carbocycles. The van der Waals surface area contributed by atoms with Gasteiger partial charge in [0.05, 0.1) is 0 Å². The van der Waals surface area contributed by atoms with E-state index >= 15 is 0 Å². The van der Waals surface area contributed by atoms with E-state index in [-0.39, 0.29) is 17.7 Å². The fourth-order valence-corrected chi connectivity index (χ4v) is 2.44. The largest absolute Gasteiger partial charge is 0.444 e. The predicted molar refractivity (Wildman–Crippen MR) is 91.4 cm³/mol. The Morgan fingerprint density at radius 2 is 1.75 bits per heavy atom. The van der Waals surface area contributed by atoms with Gasteiger partial charge in [-0.1, -0.05) is 13.8 Å². The minimum atomic E-state index is -0.587. The predicted octanol–water partition coefficient (Wildman–Crippen LogP) is 1.66. The van der Waals surface area contributed by atoms with Crippen molar-refractivity contribution >= 4 is 17.9 Å². The van der Waals surface area contributed by atoms with Gasteiger partial charge in [-0.3, -0.25) is 14.5 Å². The molecule has 2 N–H and O–H groups in total. The molecule has 1 aliphatic rings. The summed E-state index contributed by atoms with van der Waals surface area (Å²) in [7, 11) is 0. The first-order valence-electron chi connectivity index (χ1n) is 8.67. The molecule has 1 fully saturated rings. The lowest BCUT2D eigenvalue weighted by Crippen LogP contribution is -2.53. The molecule has 24 heavy (non-hydrogen) atoms. The minimum Gasteiger partial charge on any atom is -0.444 e. The molecule has 1 atom stereocenters. The number of nitrogens with zero attached hydrogens (tertiary/aromatic N) is 1. The standard InChI is InChI=1S/C17H31N3O4/c1-12(2)14(21)18-9-10-19-15(22)13-8-6-7-11-20(13)16(23)24-17(3,4)5/h12-13H,6-11H2,1-5H3,(H,18,21)(H,19,22)/t13-/m0/s1. The molecule has 0 aromatic carbocycles. The van der Waals surface area contributed by atoms with Gasteiger partial charge in [0.25, 0.3) is 0 Å². The molecule has 3 amide bonds. The van der Waals surface area contributed by atoms with Gasteiger partial charge in [0.1, 0.15) is 11.6 Å². The summed E-state index contributed by atoms with van der Waals surface area (Å²) in [6.45, 7) is 10.3. The van der Waals surface area contributed by atoms with Crippen LogP contribution in [0, 0.1) is 5.92 Å². The number of carbonyl (C=O) groups excluding carboxylic acids is 3. The molecule has 0 bridgehead atoms. The fraction of sp³-hybridized carbons (Fsp3) is 0.824. The molecule has 7 nitrogen and oxygen atoms in total. The summed E-state index contributed by atoms with van der Waals surface area (Å²) >= 11 is 0. The monoisotopic (exact) mass is 341 g/mol. The maximum Gasteiger partial charge on any atom is 0.410 e. The van der Waals surface area contributed by atoms with Crippen molar-refractivity contribution in [1.82, 2.24) is 15.5 Å². The van der Waals surface area contributed by atoms with Crippen LogP contribution in [0.2, 0.25) is 0 Å². The van der Waals surface area contributed by atoms with Gasteiger partial charge in [0.2, 0.25) is 11.8 Å². The van der Waals surface area contributed by atoms with Crippen LogP contribution < -0.4 is 10.6 Å². The van der Waals surface area contributed by atoms with Crippen molar-refractivity contribution in [1.29, 1.82) is 0 Å². The van der Waals surface area contributed by atoms with E-state index in [2.05, 4.69) is 10.6 Å². The minimum absolute atomic E-state index is 0.0442. The molecule has 1 heterocycles. The summed E-state index contributed by atoms with van der Waals surface area (Å²) in [6.07, 6.45) is 1.95. The van der Waals surface area contributed by atoms with Crippen molar-refractivity contribution in [2.45, 2.75) is 65.5 Å². The van der Waals surface area contributed by atoms with Gasteiger partial charge in [-0.25, -0.2) is 4.79 Å². The third kappa shape index (κ3) is 6.76. The van der Waals surface area contributed by atoms with Gasteiger partial charge in [-0.15, -0.1) is 0 Å². The van der Waals surface area contributed by atoms with E-state index in [1.165, 1.54) is 4.90 Å². The summed E-state index contributed by atoms with van der Waals surface area (Å²) in [5.74, 6) is -0.321. The highest BCUT2D eigenvalue weighted by Crippen LogP contribution is 2.20. The van der Waals surface area contributed by atoms with Gasteiger partial charge in [0.15, 0.2) is 0 Å². The maximum absolute atomic E-state index is 12.4. The Hall–Kier alpha value is -1.79. The normalized spacial score (nSPS) is 18.2. The first-order valence-corrected chi connectivity index (χ1v) is 8.67. The van der Waals surface area contributed by atoms with E-state index in [1.54, 1.807) is 20.8 Å². The van der Waals surface area contributed by atoms with Crippen LogP contribution in [0.4, 0.5) is 4.79 Å². The highest BCUT2D eigenvalue weighted by molar-refractivity contribution is 5.86. The Kier molecular flexibility index (Phi) is 7.51. The van der Waals surface area contributed by atoms with Crippen LogP contribution in [0.1, 0.15) is 53.9 Å². The Labute approximate surface area is 144 Å². The molecular weight excluding hydrogens is 310 g/mol. The van der Waals surface area contributed by atoms with Crippen molar-refractivity contribution < 1.29 is 19.1 Å². The highest BCUT2D eigenvalue weighted by Gasteiger charge is 2.34. The second kappa shape index (κ2) is 8.89. The Bertz CT molecular complexity index is 457. The summed E-state index contributed by atoms with van der Waals surface area (Å²) in [4.78, 5) is 37.7. The van der Waals surface area contributed by atoms with Crippen molar-refractivity contribution in [3.8, 4) is 0 Å². The van der Waals surface area contributed by atoms with Gasteiger partial charge < -0.3 is 15.4 Å². The van der Waals surface area contributed by atoms with Crippen molar-refractivity contribution in [2.24, 2.45) is 5.92 Å². The molecular formula is C17H31N3O4. The average Bonchev–Trinajstić information content (AvgIpc) is 2.49. The zero-order valence-corrected chi connectivity index (χ0v) is 15.5. The molecule has 0 spiro atoms. The summed E-state index contributed by atoms with van der Waals surface area (Å²) in [5.41, 5.74) is -0.587. The number of ether oxygens (including phenoxy) is 1. The summed E-state index contributed by atoms with van der Waals surface area (Å²) in [6, 6.07) is -0.505. The van der Waals surface area contributed by atoms with E-state index in [0.29, 0.717) is 26.1 Å². The molecule has 0 aliphatic carbocycles. The topological polar surface area (TPSA) is 87.7 Å². The molecule has 0 aromatic heterocycles. The van der Waals surface area contributed by atoms with Crippen molar-refractivity contribution in [2.75, 3.05) is 19.6 Å². The maximum atomic E-state index is 12.4. The van der Waals surface area contributed by atoms with Gasteiger partial charge >= 0.3 is 6.09 Å². The van der Waals surface area contributed by atoms with E-state index in [4.69, 9.17) is 4.74 Å². The number of rotatable bonds is 5. The first kappa shape index (κ1) is 20.3. The van der Waals surface area contributed by atoms with E-state index in [1.807, 2.05) is 13.8 Å². The second-order valence-electron chi connectivity index (χ2n) is 7.42. The Morgan fingerprint density at radius 3 is 2.33 bits per heavy atom. The van der Waals surface area contributed by atoms with Crippen molar-refractivity contribution in [3.05, 3.63) is 0 Å². The Balaban J connectivity index is 2.50. The number of piperidine rings is 1. The van der Waals surface area contributed by atoms with Crippen LogP contribution in [0.25, 0.3) is 0 Å². The van der Waals surface area contributed by atoms with Crippen molar-refractivity contribution in [3.63, 3.8) is 0 Å². The van der Waals surface area contributed by atoms with Gasteiger partial charge in [-0.05, 0) is 40.0 Å². The zero-order valence-electron chi connectivity index (χ0n) is 15.5. The lowest BCUT2D eigenvalue weighted by molar-refractivity contribution is -0.128. The lowest BCUT2D eigenvalue weighted by atomic mass is 10.0. The first-order chi connectivity index (χ1) is 11.1. The van der Waals surface area contributed by atoms with E-state index < -0.39 is 17.7 Å². The summed E-state index contributed by atoms with van der Waals surface area (Å²) in [5, 5.41) is 5.54. The number of carbonyl (C=O) groups is 3. The summed E-state index contributed by atoms with van der Waals surface area (Å²) < 4.78 is 5.39. The molecule has 138 valence electrons. The quantitative estimate of drug-likeness (QED) is 0.745. The number of nitrogens with one attached hydrogen (secondary N) is 2. The number of likely N-dealkylation sites (tertiary alicyclic amines) is 1. The Morgan fingerprint density at radius 1 is 1.12 bits per heavy atom. The number of hydrogen-bond acceptors (Lipinski definition) is 4. The van der Waals surface area contributed by atoms with E-state index in [0.717, 1.165) is 12.8 Å². The smallest absolute Gasteiger partial charge is 0.410 e. The van der Waals surface area contributed by atoms with Crippen LogP contribution in [-0.4, -0.2) is 54.1 Å².